The summed E-state index contributed by atoms with van der Waals surface area (Å²) in [5.41, 5.74) is 0. The van der Waals surface area contributed by atoms with Gasteiger partial charge < -0.3 is 5.32 Å². The van der Waals surface area contributed by atoms with E-state index in [1.165, 1.54) is 7.05 Å². The number of rotatable bonds is 0. The standard InChI is InChI=1S/C5H9FN2O/c1-3-4(6)8(2)5(9)7-3/h3-4H,1-2H3,(H,7,9). The van der Waals surface area contributed by atoms with E-state index in [2.05, 4.69) is 5.32 Å². The first-order valence-electron chi connectivity index (χ1n) is 2.80. The van der Waals surface area contributed by atoms with Crippen molar-refractivity contribution in [1.29, 1.82) is 0 Å². The van der Waals surface area contributed by atoms with Gasteiger partial charge in [0.25, 0.3) is 0 Å². The largest absolute Gasteiger partial charge is 0.331 e. The molecule has 0 aromatic carbocycles. The van der Waals surface area contributed by atoms with Crippen molar-refractivity contribution in [3.05, 3.63) is 0 Å². The summed E-state index contributed by atoms with van der Waals surface area (Å²) in [6.45, 7) is 1.63. The monoisotopic (exact) mass is 132 g/mol. The second-order valence-electron chi connectivity index (χ2n) is 2.22. The van der Waals surface area contributed by atoms with Crippen LogP contribution in [0.4, 0.5) is 9.18 Å². The Kier molecular flexibility index (Phi) is 1.31. The molecule has 1 N–H and O–H groups in total. The van der Waals surface area contributed by atoms with E-state index in [9.17, 15) is 9.18 Å². The van der Waals surface area contributed by atoms with Crippen LogP contribution in [-0.2, 0) is 0 Å². The van der Waals surface area contributed by atoms with Crippen LogP contribution < -0.4 is 5.32 Å². The molecular formula is C5H9FN2O. The van der Waals surface area contributed by atoms with Crippen molar-refractivity contribution in [3.63, 3.8) is 0 Å². The Bertz CT molecular complexity index is 139. The molecule has 1 rings (SSSR count). The quantitative estimate of drug-likeness (QED) is 0.473. The predicted octanol–water partition coefficient (Wildman–Crippen LogP) is 0.326. The van der Waals surface area contributed by atoms with Gasteiger partial charge in [0.2, 0.25) is 0 Å². The van der Waals surface area contributed by atoms with Crippen molar-refractivity contribution in [2.24, 2.45) is 0 Å². The van der Waals surface area contributed by atoms with Crippen LogP contribution in [0.1, 0.15) is 6.92 Å². The fraction of sp³-hybridized carbons (Fsp3) is 0.800. The normalized spacial score (nSPS) is 35.0. The minimum absolute atomic E-state index is 0.338. The molecule has 2 atom stereocenters. The predicted molar refractivity (Wildman–Crippen MR) is 30.7 cm³/mol. The Balaban J connectivity index is 2.65. The molecule has 0 aromatic heterocycles. The van der Waals surface area contributed by atoms with Gasteiger partial charge in [-0.3, -0.25) is 4.90 Å². The fourth-order valence-electron chi connectivity index (χ4n) is 0.813. The summed E-state index contributed by atoms with van der Waals surface area (Å²) in [6.07, 6.45) is -1.17. The maximum Gasteiger partial charge on any atom is 0.319 e. The SMILES string of the molecule is CC1NC(=O)N(C)C1F. The lowest BCUT2D eigenvalue weighted by molar-refractivity contribution is 0.153. The fourth-order valence-corrected chi connectivity index (χ4v) is 0.813. The van der Waals surface area contributed by atoms with Gasteiger partial charge in [0, 0.05) is 7.05 Å². The van der Waals surface area contributed by atoms with Crippen LogP contribution in [-0.4, -0.2) is 30.3 Å². The second kappa shape index (κ2) is 1.86. The van der Waals surface area contributed by atoms with Gasteiger partial charge in [-0.1, -0.05) is 0 Å². The number of nitrogens with one attached hydrogen (secondary N) is 1. The lowest BCUT2D eigenvalue weighted by Crippen LogP contribution is -2.27. The zero-order chi connectivity index (χ0) is 7.02. The number of likely N-dealkylation sites (N-methyl/N-ethyl adjacent to an activating group) is 1. The van der Waals surface area contributed by atoms with E-state index in [1.54, 1.807) is 6.92 Å². The van der Waals surface area contributed by atoms with Crippen molar-refractivity contribution in [2.45, 2.75) is 19.3 Å². The lowest BCUT2D eigenvalue weighted by Gasteiger charge is -2.10. The third-order valence-corrected chi connectivity index (χ3v) is 1.45. The first kappa shape index (κ1) is 6.32. The van der Waals surface area contributed by atoms with E-state index in [4.69, 9.17) is 0 Å². The van der Waals surface area contributed by atoms with Crippen molar-refractivity contribution in [3.8, 4) is 0 Å². The average molecular weight is 132 g/mol. The molecule has 1 aliphatic rings. The van der Waals surface area contributed by atoms with Gasteiger partial charge in [0.1, 0.15) is 0 Å². The lowest BCUT2D eigenvalue weighted by atomic mass is 10.3. The minimum atomic E-state index is -1.17. The summed E-state index contributed by atoms with van der Waals surface area (Å²) in [5, 5.41) is 2.43. The van der Waals surface area contributed by atoms with E-state index in [0.717, 1.165) is 4.90 Å². The number of carbonyl (C=O) groups excluding carboxylic acids is 1. The molecule has 1 fully saturated rings. The molecule has 9 heavy (non-hydrogen) atoms. The molecule has 1 aliphatic heterocycles. The van der Waals surface area contributed by atoms with Crippen molar-refractivity contribution >= 4 is 6.03 Å². The Labute approximate surface area is 52.8 Å². The van der Waals surface area contributed by atoms with Gasteiger partial charge in [-0.25, -0.2) is 9.18 Å². The minimum Gasteiger partial charge on any atom is -0.331 e. The number of hydrogen-bond acceptors (Lipinski definition) is 1. The molecule has 0 bridgehead atoms. The average Bonchev–Trinajstić information content (AvgIpc) is 1.98. The topological polar surface area (TPSA) is 32.3 Å². The Morgan fingerprint density at radius 3 is 2.44 bits per heavy atom. The summed E-state index contributed by atoms with van der Waals surface area (Å²) in [5.74, 6) is 0. The molecule has 0 saturated carbocycles. The number of hydrogen-bond donors (Lipinski definition) is 1. The third kappa shape index (κ3) is 0.843. The van der Waals surface area contributed by atoms with Crippen LogP contribution in [0.5, 0.6) is 0 Å². The molecule has 1 saturated heterocycles. The molecule has 2 unspecified atom stereocenters. The molecule has 1 heterocycles. The Hall–Kier alpha value is -0.800. The second-order valence-corrected chi connectivity index (χ2v) is 2.22. The number of nitrogens with zero attached hydrogens (tertiary/aromatic N) is 1. The van der Waals surface area contributed by atoms with Gasteiger partial charge in [0.15, 0.2) is 6.30 Å². The van der Waals surface area contributed by atoms with E-state index >= 15 is 0 Å². The molecule has 4 heteroatoms. The summed E-state index contributed by atoms with van der Waals surface area (Å²) < 4.78 is 12.6. The number of alkyl halides is 1. The number of urea groups is 1. The summed E-state index contributed by atoms with van der Waals surface area (Å²) >= 11 is 0. The van der Waals surface area contributed by atoms with Crippen LogP contribution in [0, 0.1) is 0 Å². The van der Waals surface area contributed by atoms with Crippen LogP contribution in [0.2, 0.25) is 0 Å². The Morgan fingerprint density at radius 2 is 2.33 bits per heavy atom. The summed E-state index contributed by atoms with van der Waals surface area (Å²) in [7, 11) is 1.43. The highest BCUT2D eigenvalue weighted by Gasteiger charge is 2.33. The van der Waals surface area contributed by atoms with Gasteiger partial charge in [-0.2, -0.15) is 0 Å². The number of carbonyl (C=O) groups is 1. The van der Waals surface area contributed by atoms with Gasteiger partial charge in [-0.05, 0) is 6.92 Å². The maximum absolute atomic E-state index is 12.6. The molecule has 0 aliphatic carbocycles. The van der Waals surface area contributed by atoms with E-state index < -0.39 is 6.30 Å². The van der Waals surface area contributed by atoms with E-state index in [-0.39, 0.29) is 12.1 Å². The van der Waals surface area contributed by atoms with Gasteiger partial charge >= 0.3 is 6.03 Å². The van der Waals surface area contributed by atoms with E-state index in [1.807, 2.05) is 0 Å². The molecular weight excluding hydrogens is 123 g/mol. The maximum atomic E-state index is 12.6. The van der Waals surface area contributed by atoms with Crippen molar-refractivity contribution in [1.82, 2.24) is 10.2 Å². The number of amides is 2. The third-order valence-electron chi connectivity index (χ3n) is 1.45. The first-order chi connectivity index (χ1) is 4.13. The molecule has 2 amide bonds. The molecule has 52 valence electrons. The smallest absolute Gasteiger partial charge is 0.319 e. The highest BCUT2D eigenvalue weighted by atomic mass is 19.1. The van der Waals surface area contributed by atoms with Crippen LogP contribution in [0.3, 0.4) is 0 Å². The van der Waals surface area contributed by atoms with Crippen LogP contribution in [0.25, 0.3) is 0 Å². The first-order valence-corrected chi connectivity index (χ1v) is 2.80. The summed E-state index contributed by atoms with van der Waals surface area (Å²) in [6, 6.07) is -0.711. The zero-order valence-corrected chi connectivity index (χ0v) is 5.39. The zero-order valence-electron chi connectivity index (χ0n) is 5.39. The van der Waals surface area contributed by atoms with Gasteiger partial charge in [0.05, 0.1) is 6.04 Å². The molecule has 0 radical (unpaired) electrons. The molecule has 3 nitrogen and oxygen atoms in total. The Morgan fingerprint density at radius 1 is 1.78 bits per heavy atom. The van der Waals surface area contributed by atoms with Crippen LogP contribution >= 0.6 is 0 Å². The molecule has 0 aromatic rings. The number of halogens is 1. The highest BCUT2D eigenvalue weighted by molar-refractivity contribution is 5.76. The summed E-state index contributed by atoms with van der Waals surface area (Å²) in [4.78, 5) is 11.6. The van der Waals surface area contributed by atoms with Gasteiger partial charge in [-0.15, -0.1) is 0 Å². The van der Waals surface area contributed by atoms with Crippen molar-refractivity contribution < 1.29 is 9.18 Å². The molecule has 0 spiro atoms. The van der Waals surface area contributed by atoms with E-state index in [0.29, 0.717) is 0 Å². The van der Waals surface area contributed by atoms with Crippen LogP contribution in [0.15, 0.2) is 0 Å². The van der Waals surface area contributed by atoms with Crippen molar-refractivity contribution in [2.75, 3.05) is 7.05 Å². The highest BCUT2D eigenvalue weighted by Crippen LogP contribution is 2.10.